The molecule has 1 amide bonds. The van der Waals surface area contributed by atoms with E-state index in [4.69, 9.17) is 16.3 Å². The van der Waals surface area contributed by atoms with E-state index in [-0.39, 0.29) is 22.1 Å². The number of methoxy groups -OCH3 is 1. The number of hydrogen-bond acceptors (Lipinski definition) is 4. The van der Waals surface area contributed by atoms with Crippen LogP contribution in [0, 0.1) is 0 Å². The number of hydrogen-bond donors (Lipinski definition) is 2. The highest BCUT2D eigenvalue weighted by atomic mass is 35.5. The summed E-state index contributed by atoms with van der Waals surface area (Å²) in [6, 6.07) is 21.2. The molecule has 3 rings (SSSR count). The van der Waals surface area contributed by atoms with Gasteiger partial charge in [0.15, 0.2) is 0 Å². The predicted molar refractivity (Wildman–Crippen MR) is 117 cm³/mol. The fourth-order valence-electron chi connectivity index (χ4n) is 2.90. The van der Waals surface area contributed by atoms with E-state index in [1.54, 1.807) is 24.3 Å². The molecule has 0 aliphatic carbocycles. The lowest BCUT2D eigenvalue weighted by atomic mass is 10.1. The van der Waals surface area contributed by atoms with Crippen LogP contribution in [0.3, 0.4) is 0 Å². The Bertz CT molecular complexity index is 1110. The van der Waals surface area contributed by atoms with Gasteiger partial charge in [0.05, 0.1) is 7.11 Å². The van der Waals surface area contributed by atoms with Crippen molar-refractivity contribution in [2.45, 2.75) is 17.4 Å². The predicted octanol–water partition coefficient (Wildman–Crippen LogP) is 3.88. The third-order valence-electron chi connectivity index (χ3n) is 4.35. The number of rotatable bonds is 8. The Morgan fingerprint density at radius 3 is 2.27 bits per heavy atom. The lowest BCUT2D eigenvalue weighted by Crippen LogP contribution is -2.45. The monoisotopic (exact) mass is 444 g/mol. The number of para-hydroxylation sites is 1. The van der Waals surface area contributed by atoms with E-state index in [0.29, 0.717) is 5.69 Å². The van der Waals surface area contributed by atoms with Gasteiger partial charge in [0, 0.05) is 10.7 Å². The summed E-state index contributed by atoms with van der Waals surface area (Å²) in [6.07, 6.45) is 0.168. The molecular weight excluding hydrogens is 424 g/mol. The van der Waals surface area contributed by atoms with Gasteiger partial charge >= 0.3 is 0 Å². The molecule has 0 fully saturated rings. The third-order valence-corrected chi connectivity index (χ3v) is 6.08. The molecule has 0 aromatic heterocycles. The zero-order chi connectivity index (χ0) is 21.6. The van der Waals surface area contributed by atoms with Crippen molar-refractivity contribution in [2.75, 3.05) is 12.4 Å². The first-order valence-electron chi connectivity index (χ1n) is 9.15. The highest BCUT2D eigenvalue weighted by Gasteiger charge is 2.28. The van der Waals surface area contributed by atoms with Crippen molar-refractivity contribution in [3.63, 3.8) is 0 Å². The molecule has 3 aromatic rings. The highest BCUT2D eigenvalue weighted by Crippen LogP contribution is 2.27. The van der Waals surface area contributed by atoms with Crippen molar-refractivity contribution < 1.29 is 17.9 Å². The number of nitrogens with one attached hydrogen (secondary N) is 2. The van der Waals surface area contributed by atoms with E-state index < -0.39 is 22.0 Å². The molecule has 0 heterocycles. The van der Waals surface area contributed by atoms with E-state index >= 15 is 0 Å². The summed E-state index contributed by atoms with van der Waals surface area (Å²) in [4.78, 5) is 12.8. The summed E-state index contributed by atoms with van der Waals surface area (Å²) in [5.74, 6) is -0.344. The highest BCUT2D eigenvalue weighted by molar-refractivity contribution is 7.89. The number of anilines is 1. The molecule has 0 radical (unpaired) electrons. The topological polar surface area (TPSA) is 84.5 Å². The number of benzene rings is 3. The quantitative estimate of drug-likeness (QED) is 0.552. The number of ether oxygens (including phenoxy) is 1. The molecule has 3 aromatic carbocycles. The Labute approximate surface area is 180 Å². The van der Waals surface area contributed by atoms with Crippen molar-refractivity contribution in [1.29, 1.82) is 0 Å². The van der Waals surface area contributed by atoms with Gasteiger partial charge in [-0.3, -0.25) is 4.79 Å². The van der Waals surface area contributed by atoms with Crippen LogP contribution >= 0.6 is 11.6 Å². The molecule has 2 N–H and O–H groups in total. The lowest BCUT2D eigenvalue weighted by Gasteiger charge is -2.20. The fourth-order valence-corrected chi connectivity index (χ4v) is 4.53. The van der Waals surface area contributed by atoms with E-state index in [0.717, 1.165) is 5.56 Å². The van der Waals surface area contributed by atoms with Crippen LogP contribution in [0.15, 0.2) is 83.8 Å². The van der Waals surface area contributed by atoms with Gasteiger partial charge in [-0.15, -0.1) is 0 Å². The Hall–Kier alpha value is -2.87. The standard InChI is InChI=1S/C22H21ClN2O4S/c1-29-20-13-12-17(23)15-21(20)30(27,28)25-19(14-16-8-4-2-5-9-16)22(26)24-18-10-6-3-7-11-18/h2-13,15,19,25H,14H2,1H3,(H,24,26)/t19-/m0/s1. The van der Waals surface area contributed by atoms with Crippen LogP contribution in [-0.2, 0) is 21.2 Å². The normalized spacial score (nSPS) is 12.2. The molecule has 0 saturated carbocycles. The van der Waals surface area contributed by atoms with Crippen LogP contribution in [0.2, 0.25) is 5.02 Å². The number of carbonyl (C=O) groups excluding carboxylic acids is 1. The smallest absolute Gasteiger partial charge is 0.245 e. The van der Waals surface area contributed by atoms with Gasteiger partial charge in [0.25, 0.3) is 0 Å². The Kier molecular flexibility index (Phi) is 7.10. The van der Waals surface area contributed by atoms with Crippen molar-refractivity contribution in [3.05, 3.63) is 89.4 Å². The first-order valence-corrected chi connectivity index (χ1v) is 11.0. The zero-order valence-electron chi connectivity index (χ0n) is 16.2. The van der Waals surface area contributed by atoms with E-state index in [9.17, 15) is 13.2 Å². The number of sulfonamides is 1. The van der Waals surface area contributed by atoms with Gasteiger partial charge in [0.1, 0.15) is 16.7 Å². The first kappa shape index (κ1) is 21.8. The summed E-state index contributed by atoms with van der Waals surface area (Å²) in [6.45, 7) is 0. The SMILES string of the molecule is COc1ccc(Cl)cc1S(=O)(=O)N[C@@H](Cc1ccccc1)C(=O)Nc1ccccc1. The maximum absolute atomic E-state index is 13.1. The number of halogens is 1. The molecule has 156 valence electrons. The second-order valence-corrected chi connectivity index (χ2v) is 8.63. The summed E-state index contributed by atoms with van der Waals surface area (Å²) < 4.78 is 33.8. The summed E-state index contributed by atoms with van der Waals surface area (Å²) in [5.41, 5.74) is 1.38. The van der Waals surface area contributed by atoms with Crippen molar-refractivity contribution >= 4 is 33.2 Å². The average Bonchev–Trinajstić information content (AvgIpc) is 2.74. The van der Waals surface area contributed by atoms with Crippen molar-refractivity contribution in [2.24, 2.45) is 0 Å². The van der Waals surface area contributed by atoms with Crippen molar-refractivity contribution in [3.8, 4) is 5.75 Å². The molecule has 1 atom stereocenters. The van der Waals surface area contributed by atoms with Crippen LogP contribution in [0.5, 0.6) is 5.75 Å². The van der Waals surface area contributed by atoms with E-state index in [2.05, 4.69) is 10.0 Å². The average molecular weight is 445 g/mol. The van der Waals surface area contributed by atoms with Crippen molar-refractivity contribution in [1.82, 2.24) is 4.72 Å². The molecule has 30 heavy (non-hydrogen) atoms. The first-order chi connectivity index (χ1) is 14.4. The van der Waals surface area contributed by atoms with Crippen LogP contribution in [0.25, 0.3) is 0 Å². The van der Waals surface area contributed by atoms with Gasteiger partial charge in [-0.05, 0) is 42.3 Å². The van der Waals surface area contributed by atoms with E-state index in [1.165, 1.54) is 25.3 Å². The lowest BCUT2D eigenvalue weighted by molar-refractivity contribution is -0.117. The molecular formula is C22H21ClN2O4S. The molecule has 8 heteroatoms. The Morgan fingerprint density at radius 1 is 1.00 bits per heavy atom. The minimum absolute atomic E-state index is 0.133. The van der Waals surface area contributed by atoms with E-state index in [1.807, 2.05) is 36.4 Å². The molecule has 6 nitrogen and oxygen atoms in total. The third kappa shape index (κ3) is 5.60. The fraction of sp³-hybridized carbons (Fsp3) is 0.136. The van der Waals surface area contributed by atoms with Crippen LogP contribution < -0.4 is 14.8 Å². The van der Waals surface area contributed by atoms with Gasteiger partial charge in [0.2, 0.25) is 15.9 Å². The van der Waals surface area contributed by atoms with Gasteiger partial charge in [-0.2, -0.15) is 4.72 Å². The minimum atomic E-state index is -4.10. The molecule has 0 saturated heterocycles. The molecule has 0 unspecified atom stereocenters. The summed E-state index contributed by atoms with van der Waals surface area (Å²) in [5, 5.41) is 2.99. The largest absolute Gasteiger partial charge is 0.495 e. The van der Waals surface area contributed by atoms with Crippen LogP contribution in [-0.4, -0.2) is 27.5 Å². The molecule has 0 spiro atoms. The number of amides is 1. The minimum Gasteiger partial charge on any atom is -0.495 e. The van der Waals surface area contributed by atoms with Crippen LogP contribution in [0.4, 0.5) is 5.69 Å². The maximum Gasteiger partial charge on any atom is 0.245 e. The molecule has 0 aliphatic rings. The van der Waals surface area contributed by atoms with Crippen LogP contribution in [0.1, 0.15) is 5.56 Å². The maximum atomic E-state index is 13.1. The second-order valence-electron chi connectivity index (χ2n) is 6.51. The zero-order valence-corrected chi connectivity index (χ0v) is 17.8. The Balaban J connectivity index is 1.91. The van der Waals surface area contributed by atoms with Gasteiger partial charge in [-0.1, -0.05) is 60.1 Å². The molecule has 0 bridgehead atoms. The summed E-state index contributed by atoms with van der Waals surface area (Å²) >= 11 is 5.99. The molecule has 0 aliphatic heterocycles. The second kappa shape index (κ2) is 9.75. The van der Waals surface area contributed by atoms with Gasteiger partial charge in [-0.25, -0.2) is 8.42 Å². The Morgan fingerprint density at radius 2 is 1.63 bits per heavy atom. The van der Waals surface area contributed by atoms with Gasteiger partial charge < -0.3 is 10.1 Å². The number of carbonyl (C=O) groups is 1. The summed E-state index contributed by atoms with van der Waals surface area (Å²) in [7, 11) is -2.74.